The molecule has 20 heavy (non-hydrogen) atoms. The minimum Gasteiger partial charge on any atom is -0.396 e. The van der Waals surface area contributed by atoms with E-state index in [1.807, 2.05) is 30.3 Å². The summed E-state index contributed by atoms with van der Waals surface area (Å²) in [4.78, 5) is 14.9. The van der Waals surface area contributed by atoms with E-state index in [9.17, 15) is 9.90 Å². The van der Waals surface area contributed by atoms with Gasteiger partial charge in [-0.15, -0.1) is 0 Å². The highest BCUT2D eigenvalue weighted by molar-refractivity contribution is 7.71. The number of amides is 1. The minimum atomic E-state index is -0.235. The molecule has 1 atom stereocenters. The highest BCUT2D eigenvalue weighted by Crippen LogP contribution is 2.13. The molecule has 4 nitrogen and oxygen atoms in total. The molecule has 5 heteroatoms. The summed E-state index contributed by atoms with van der Waals surface area (Å²) >= 11 is 5.06. The molecule has 0 spiro atoms. The normalized spacial score (nSPS) is 11.8. The molecule has 1 aromatic carbocycles. The number of aliphatic hydroxyl groups excluding tert-OH is 1. The van der Waals surface area contributed by atoms with E-state index < -0.39 is 0 Å². The summed E-state index contributed by atoms with van der Waals surface area (Å²) in [7, 11) is 0. The van der Waals surface area contributed by atoms with Crippen molar-refractivity contribution >= 4 is 18.1 Å². The molecule has 0 aliphatic carbocycles. The Bertz CT molecular complexity index is 625. The molecule has 0 saturated heterocycles. The van der Waals surface area contributed by atoms with E-state index in [4.69, 9.17) is 12.2 Å². The summed E-state index contributed by atoms with van der Waals surface area (Å²) < 4.78 is 0.408. The van der Waals surface area contributed by atoms with Crippen LogP contribution < -0.4 is 5.32 Å². The van der Waals surface area contributed by atoms with E-state index in [0.717, 1.165) is 5.56 Å². The van der Waals surface area contributed by atoms with Gasteiger partial charge in [-0.2, -0.15) is 0 Å². The summed E-state index contributed by atoms with van der Waals surface area (Å²) in [5.41, 5.74) is 1.43. The van der Waals surface area contributed by atoms with Gasteiger partial charge in [-0.05, 0) is 17.7 Å². The van der Waals surface area contributed by atoms with Crippen LogP contribution in [0, 0.1) is 4.64 Å². The lowest BCUT2D eigenvalue weighted by Gasteiger charge is -2.15. The SMILES string of the molecule is O=C(NCC(CO)c1ccccc1)c1ccc[nH]c1=S. The third kappa shape index (κ3) is 3.53. The first-order chi connectivity index (χ1) is 9.72. The second kappa shape index (κ2) is 6.98. The molecule has 1 unspecified atom stereocenters. The van der Waals surface area contributed by atoms with Crippen LogP contribution in [0.3, 0.4) is 0 Å². The Kier molecular flexibility index (Phi) is 5.03. The quantitative estimate of drug-likeness (QED) is 0.739. The fourth-order valence-corrected chi connectivity index (χ4v) is 2.15. The Morgan fingerprint density at radius 2 is 2.00 bits per heavy atom. The Hall–Kier alpha value is -1.98. The van der Waals surface area contributed by atoms with Crippen LogP contribution >= 0.6 is 12.2 Å². The van der Waals surface area contributed by atoms with Crippen LogP contribution in [0.2, 0.25) is 0 Å². The number of hydrogen-bond donors (Lipinski definition) is 3. The molecule has 0 saturated carbocycles. The van der Waals surface area contributed by atoms with Crippen molar-refractivity contribution in [2.24, 2.45) is 0 Å². The second-order valence-corrected chi connectivity index (χ2v) is 4.82. The van der Waals surface area contributed by atoms with Crippen molar-refractivity contribution in [3.8, 4) is 0 Å². The van der Waals surface area contributed by atoms with Crippen LogP contribution in [0.25, 0.3) is 0 Å². The average molecular weight is 288 g/mol. The molecule has 0 radical (unpaired) electrons. The molecule has 0 aliphatic heterocycles. The van der Waals surface area contributed by atoms with Crippen molar-refractivity contribution in [1.29, 1.82) is 0 Å². The summed E-state index contributed by atoms with van der Waals surface area (Å²) in [6.45, 7) is 0.342. The predicted octanol–water partition coefficient (Wildman–Crippen LogP) is 2.25. The lowest BCUT2D eigenvalue weighted by molar-refractivity contribution is 0.0947. The van der Waals surface area contributed by atoms with Crippen molar-refractivity contribution in [3.63, 3.8) is 0 Å². The van der Waals surface area contributed by atoms with Gasteiger partial charge in [-0.1, -0.05) is 42.5 Å². The Labute approximate surface area is 122 Å². The number of aromatic nitrogens is 1. The van der Waals surface area contributed by atoms with Gasteiger partial charge in [0.25, 0.3) is 5.91 Å². The standard InChI is InChI=1S/C15H16N2O2S/c18-10-12(11-5-2-1-3-6-11)9-17-14(19)13-7-4-8-16-15(13)20/h1-8,12,18H,9-10H2,(H,16,20)(H,17,19). The smallest absolute Gasteiger partial charge is 0.254 e. The number of hydrogen-bond acceptors (Lipinski definition) is 3. The van der Waals surface area contributed by atoms with E-state index in [1.54, 1.807) is 18.3 Å². The van der Waals surface area contributed by atoms with Crippen LogP contribution in [0.1, 0.15) is 21.8 Å². The highest BCUT2D eigenvalue weighted by Gasteiger charge is 2.13. The first-order valence-corrected chi connectivity index (χ1v) is 6.75. The van der Waals surface area contributed by atoms with Crippen molar-refractivity contribution in [3.05, 3.63) is 64.4 Å². The number of H-pyrrole nitrogens is 1. The van der Waals surface area contributed by atoms with Gasteiger partial charge in [0, 0.05) is 18.7 Å². The van der Waals surface area contributed by atoms with Crippen LogP contribution in [-0.2, 0) is 0 Å². The third-order valence-electron chi connectivity index (χ3n) is 3.06. The molecule has 1 amide bonds. The second-order valence-electron chi connectivity index (χ2n) is 4.41. The number of aliphatic hydroxyl groups is 1. The zero-order valence-corrected chi connectivity index (χ0v) is 11.7. The van der Waals surface area contributed by atoms with Crippen LogP contribution in [0.15, 0.2) is 48.7 Å². The lowest BCUT2D eigenvalue weighted by Crippen LogP contribution is -2.30. The predicted molar refractivity (Wildman–Crippen MR) is 80.2 cm³/mol. The lowest BCUT2D eigenvalue weighted by atomic mass is 10.00. The first-order valence-electron chi connectivity index (χ1n) is 6.34. The Morgan fingerprint density at radius 1 is 1.25 bits per heavy atom. The minimum absolute atomic E-state index is 0.0219. The molecule has 0 fully saturated rings. The van der Waals surface area contributed by atoms with E-state index in [2.05, 4.69) is 10.3 Å². The van der Waals surface area contributed by atoms with Crippen molar-refractivity contribution < 1.29 is 9.90 Å². The summed E-state index contributed by atoms with van der Waals surface area (Å²) in [5.74, 6) is -0.359. The van der Waals surface area contributed by atoms with E-state index >= 15 is 0 Å². The van der Waals surface area contributed by atoms with E-state index in [0.29, 0.717) is 16.7 Å². The number of pyridine rings is 1. The highest BCUT2D eigenvalue weighted by atomic mass is 32.1. The molecular formula is C15H16N2O2S. The number of aromatic amines is 1. The molecule has 1 aromatic heterocycles. The maximum absolute atomic E-state index is 12.0. The number of benzene rings is 1. The zero-order valence-electron chi connectivity index (χ0n) is 10.9. The topological polar surface area (TPSA) is 65.1 Å². The Morgan fingerprint density at radius 3 is 2.65 bits per heavy atom. The average Bonchev–Trinajstić information content (AvgIpc) is 2.49. The van der Waals surface area contributed by atoms with Crippen LogP contribution in [-0.4, -0.2) is 29.1 Å². The maximum Gasteiger partial charge on any atom is 0.254 e. The molecule has 2 rings (SSSR count). The Balaban J connectivity index is 2.03. The number of carbonyl (C=O) groups is 1. The van der Waals surface area contributed by atoms with Gasteiger partial charge in [0.15, 0.2) is 0 Å². The molecule has 0 bridgehead atoms. The van der Waals surface area contributed by atoms with Gasteiger partial charge in [0.1, 0.15) is 4.64 Å². The summed E-state index contributed by atoms with van der Waals surface area (Å²) in [6, 6.07) is 13.0. The van der Waals surface area contributed by atoms with E-state index in [1.165, 1.54) is 0 Å². The van der Waals surface area contributed by atoms with Gasteiger partial charge in [0.05, 0.1) is 12.2 Å². The van der Waals surface area contributed by atoms with Gasteiger partial charge in [-0.3, -0.25) is 4.79 Å². The number of carbonyl (C=O) groups excluding carboxylic acids is 1. The van der Waals surface area contributed by atoms with Gasteiger partial charge < -0.3 is 15.4 Å². The first kappa shape index (κ1) is 14.4. The molecule has 0 aliphatic rings. The van der Waals surface area contributed by atoms with Crippen LogP contribution in [0.5, 0.6) is 0 Å². The molecule has 104 valence electrons. The van der Waals surface area contributed by atoms with Gasteiger partial charge >= 0.3 is 0 Å². The maximum atomic E-state index is 12.0. The molecule has 3 N–H and O–H groups in total. The van der Waals surface area contributed by atoms with Gasteiger partial charge in [-0.25, -0.2) is 0 Å². The summed E-state index contributed by atoms with van der Waals surface area (Å²) in [6.07, 6.45) is 1.68. The number of nitrogens with one attached hydrogen (secondary N) is 2. The molecular weight excluding hydrogens is 272 g/mol. The van der Waals surface area contributed by atoms with Crippen molar-refractivity contribution in [1.82, 2.24) is 10.3 Å². The molecule has 2 aromatic rings. The summed E-state index contributed by atoms with van der Waals surface area (Å²) in [5, 5.41) is 12.2. The van der Waals surface area contributed by atoms with Crippen molar-refractivity contribution in [2.45, 2.75) is 5.92 Å². The van der Waals surface area contributed by atoms with Crippen LogP contribution in [0.4, 0.5) is 0 Å². The fourth-order valence-electron chi connectivity index (χ4n) is 1.92. The number of rotatable bonds is 5. The molecule has 1 heterocycles. The third-order valence-corrected chi connectivity index (χ3v) is 3.40. The largest absolute Gasteiger partial charge is 0.396 e. The monoisotopic (exact) mass is 288 g/mol. The van der Waals surface area contributed by atoms with Gasteiger partial charge in [0.2, 0.25) is 0 Å². The van der Waals surface area contributed by atoms with Crippen molar-refractivity contribution in [2.75, 3.05) is 13.2 Å². The zero-order chi connectivity index (χ0) is 14.4. The van der Waals surface area contributed by atoms with E-state index in [-0.39, 0.29) is 18.4 Å². The fraction of sp³-hybridized carbons (Fsp3) is 0.200.